The Labute approximate surface area is 186 Å². The molecule has 1 aromatic carbocycles. The second-order valence-electron chi connectivity index (χ2n) is 7.61. The van der Waals surface area contributed by atoms with E-state index in [1.807, 2.05) is 25.9 Å². The number of carbonyl (C=O) groups excluding carboxylic acids is 1. The first kappa shape index (κ1) is 22.5. The number of primary amides is 1. The molecule has 2 aromatic rings. The molecular formula is C21H22F3IN4O. The Bertz CT molecular complexity index is 1030. The van der Waals surface area contributed by atoms with Crippen molar-refractivity contribution in [2.75, 3.05) is 14.1 Å². The summed E-state index contributed by atoms with van der Waals surface area (Å²) < 4.78 is 42.3. The highest BCUT2D eigenvalue weighted by molar-refractivity contribution is 14.1. The summed E-state index contributed by atoms with van der Waals surface area (Å²) in [6.07, 6.45) is 3.72. The van der Waals surface area contributed by atoms with Gasteiger partial charge >= 0.3 is 6.18 Å². The van der Waals surface area contributed by atoms with Crippen LogP contribution in [0.15, 0.2) is 54.2 Å². The lowest BCUT2D eigenvalue weighted by atomic mass is 9.79. The average molecular weight is 530 g/mol. The quantitative estimate of drug-likeness (QED) is 0.462. The summed E-state index contributed by atoms with van der Waals surface area (Å²) in [6, 6.07) is 2.35. The van der Waals surface area contributed by atoms with Gasteiger partial charge in [-0.2, -0.15) is 13.2 Å². The van der Waals surface area contributed by atoms with Crippen LogP contribution >= 0.6 is 22.6 Å². The second kappa shape index (κ2) is 8.18. The molecule has 30 heavy (non-hydrogen) atoms. The summed E-state index contributed by atoms with van der Waals surface area (Å²) in [4.78, 5) is 17.8. The van der Waals surface area contributed by atoms with Gasteiger partial charge in [0.2, 0.25) is 5.91 Å². The van der Waals surface area contributed by atoms with E-state index in [4.69, 9.17) is 5.73 Å². The molecule has 1 aliphatic rings. The predicted octanol–water partition coefficient (Wildman–Crippen LogP) is 4.34. The summed E-state index contributed by atoms with van der Waals surface area (Å²) in [5.41, 5.74) is 7.63. The maximum atomic E-state index is 13.8. The Balaban J connectivity index is 2.34. The highest BCUT2D eigenvalue weighted by atomic mass is 127. The fraction of sp³-hybridized carbons (Fsp3) is 0.333. The first-order valence-corrected chi connectivity index (χ1v) is 10.3. The zero-order valence-corrected chi connectivity index (χ0v) is 19.0. The molecule has 0 radical (unpaired) electrons. The maximum Gasteiger partial charge on any atom is 0.416 e. The fourth-order valence-electron chi connectivity index (χ4n) is 3.58. The maximum absolute atomic E-state index is 13.8. The molecule has 0 fully saturated rings. The van der Waals surface area contributed by atoms with Crippen LogP contribution < -0.4 is 5.73 Å². The lowest BCUT2D eigenvalue weighted by Crippen LogP contribution is -2.30. The van der Waals surface area contributed by atoms with E-state index in [1.54, 1.807) is 22.9 Å². The van der Waals surface area contributed by atoms with Crippen molar-refractivity contribution in [1.82, 2.24) is 14.5 Å². The van der Waals surface area contributed by atoms with Gasteiger partial charge in [-0.25, -0.2) is 4.98 Å². The van der Waals surface area contributed by atoms with Crippen molar-refractivity contribution in [2.45, 2.75) is 29.5 Å². The van der Waals surface area contributed by atoms with Gasteiger partial charge in [-0.05, 0) is 44.3 Å². The van der Waals surface area contributed by atoms with E-state index in [0.29, 0.717) is 23.4 Å². The van der Waals surface area contributed by atoms with Crippen molar-refractivity contribution in [3.63, 3.8) is 0 Å². The van der Waals surface area contributed by atoms with Crippen molar-refractivity contribution in [1.29, 1.82) is 0 Å². The van der Waals surface area contributed by atoms with E-state index in [2.05, 4.69) is 27.6 Å². The number of allylic oxidation sites excluding steroid dienone is 3. The number of alkyl halides is 4. The number of nitrogens with zero attached hydrogens (tertiary/aromatic N) is 3. The largest absolute Gasteiger partial charge is 0.416 e. The third-order valence-electron chi connectivity index (χ3n) is 5.15. The van der Waals surface area contributed by atoms with Gasteiger partial charge in [-0.1, -0.05) is 40.3 Å². The molecule has 1 aromatic heterocycles. The standard InChI is InChI=1S/C21H22F3IN4O/c1-13-4-5-14(19(26)30)10-20(13,25)17-8-15(21(22,23)24)9-18(16(17)11-28(2)3)29-7-6-27-12-29/h4-9,12H,10-11H2,1-3H3,(H2,26,30). The first-order valence-electron chi connectivity index (χ1n) is 9.18. The van der Waals surface area contributed by atoms with Crippen LogP contribution in [0.4, 0.5) is 13.2 Å². The fourth-order valence-corrected chi connectivity index (χ4v) is 4.66. The third-order valence-corrected chi connectivity index (χ3v) is 6.96. The minimum absolute atomic E-state index is 0.219. The smallest absolute Gasteiger partial charge is 0.366 e. The van der Waals surface area contributed by atoms with Crippen LogP contribution in [0.1, 0.15) is 30.0 Å². The predicted molar refractivity (Wildman–Crippen MR) is 117 cm³/mol. The highest BCUT2D eigenvalue weighted by Crippen LogP contribution is 2.50. The van der Waals surface area contributed by atoms with Crippen molar-refractivity contribution in [2.24, 2.45) is 5.73 Å². The molecule has 1 amide bonds. The van der Waals surface area contributed by atoms with Gasteiger partial charge in [0.05, 0.1) is 21.0 Å². The van der Waals surface area contributed by atoms with Crippen LogP contribution in [0.5, 0.6) is 0 Å². The van der Waals surface area contributed by atoms with Gasteiger partial charge in [-0.15, -0.1) is 0 Å². The van der Waals surface area contributed by atoms with Gasteiger partial charge < -0.3 is 15.2 Å². The van der Waals surface area contributed by atoms with Crippen molar-refractivity contribution in [3.8, 4) is 5.69 Å². The summed E-state index contributed by atoms with van der Waals surface area (Å²) in [7, 11) is 3.72. The van der Waals surface area contributed by atoms with Crippen LogP contribution in [0.25, 0.3) is 5.69 Å². The Kier molecular flexibility index (Phi) is 6.15. The Morgan fingerprint density at radius 3 is 2.57 bits per heavy atom. The van der Waals surface area contributed by atoms with Crippen LogP contribution in [0, 0.1) is 0 Å². The molecule has 1 atom stereocenters. The Hall–Kier alpha value is -2.14. The number of halogens is 4. The Morgan fingerprint density at radius 1 is 1.33 bits per heavy atom. The van der Waals surface area contributed by atoms with E-state index >= 15 is 0 Å². The molecule has 3 rings (SSSR count). The number of hydrogen-bond donors (Lipinski definition) is 1. The number of benzene rings is 1. The number of nitrogens with two attached hydrogens (primary N) is 1. The minimum Gasteiger partial charge on any atom is -0.366 e. The lowest BCUT2D eigenvalue weighted by molar-refractivity contribution is -0.137. The normalized spacial score (nSPS) is 19.6. The van der Waals surface area contributed by atoms with E-state index in [9.17, 15) is 18.0 Å². The van der Waals surface area contributed by atoms with Crippen molar-refractivity contribution in [3.05, 3.63) is 70.8 Å². The molecule has 0 saturated heterocycles. The molecule has 1 heterocycles. The summed E-state index contributed by atoms with van der Waals surface area (Å²) >= 11 is 2.15. The van der Waals surface area contributed by atoms with E-state index in [-0.39, 0.29) is 6.42 Å². The van der Waals surface area contributed by atoms with Gasteiger partial charge in [0.15, 0.2) is 0 Å². The molecule has 9 heteroatoms. The number of rotatable bonds is 5. The number of amides is 1. The minimum atomic E-state index is -4.53. The molecule has 0 saturated carbocycles. The van der Waals surface area contributed by atoms with E-state index < -0.39 is 21.1 Å². The van der Waals surface area contributed by atoms with Crippen LogP contribution in [-0.2, 0) is 20.9 Å². The summed E-state index contributed by atoms with van der Waals surface area (Å²) in [5, 5.41) is 0. The topological polar surface area (TPSA) is 64.2 Å². The van der Waals surface area contributed by atoms with Gasteiger partial charge in [0.25, 0.3) is 0 Å². The van der Waals surface area contributed by atoms with E-state index in [0.717, 1.165) is 17.2 Å². The molecule has 1 aliphatic carbocycles. The second-order valence-corrected chi connectivity index (χ2v) is 9.45. The summed E-state index contributed by atoms with van der Waals surface area (Å²) in [6.45, 7) is 2.27. The average Bonchev–Trinajstić information content (AvgIpc) is 3.17. The van der Waals surface area contributed by atoms with E-state index in [1.165, 1.54) is 18.6 Å². The van der Waals surface area contributed by atoms with Crippen molar-refractivity contribution >= 4 is 28.5 Å². The third kappa shape index (κ3) is 4.31. The molecule has 2 N–H and O–H groups in total. The van der Waals surface area contributed by atoms with Gasteiger partial charge in [0, 0.05) is 30.9 Å². The molecule has 0 bridgehead atoms. The van der Waals surface area contributed by atoms with Crippen LogP contribution in [-0.4, -0.2) is 34.5 Å². The monoisotopic (exact) mass is 530 g/mol. The molecule has 5 nitrogen and oxygen atoms in total. The van der Waals surface area contributed by atoms with Crippen LogP contribution in [0.3, 0.4) is 0 Å². The lowest BCUT2D eigenvalue weighted by Gasteiger charge is -2.36. The van der Waals surface area contributed by atoms with Crippen LogP contribution in [0.2, 0.25) is 0 Å². The Morgan fingerprint density at radius 2 is 2.03 bits per heavy atom. The first-order chi connectivity index (χ1) is 13.9. The highest BCUT2D eigenvalue weighted by Gasteiger charge is 2.40. The molecular weight excluding hydrogens is 508 g/mol. The molecule has 160 valence electrons. The molecule has 0 spiro atoms. The molecule has 1 unspecified atom stereocenters. The number of hydrogen-bond acceptors (Lipinski definition) is 3. The number of aromatic nitrogens is 2. The number of imidazole rings is 1. The SMILES string of the molecule is CC1=CC=C(C(N)=O)CC1(I)c1cc(C(F)(F)F)cc(-n2ccnc2)c1CN(C)C. The summed E-state index contributed by atoms with van der Waals surface area (Å²) in [5.74, 6) is -0.573. The van der Waals surface area contributed by atoms with Gasteiger partial charge in [-0.3, -0.25) is 4.79 Å². The molecule has 0 aliphatic heterocycles. The zero-order chi connectivity index (χ0) is 22.3. The van der Waals surface area contributed by atoms with Crippen molar-refractivity contribution < 1.29 is 18.0 Å². The zero-order valence-electron chi connectivity index (χ0n) is 16.8. The van der Waals surface area contributed by atoms with Gasteiger partial charge in [0.1, 0.15) is 0 Å². The number of carbonyl (C=O) groups is 1.